The molecule has 11 nitrogen and oxygen atoms in total. The van der Waals surface area contributed by atoms with Gasteiger partial charge in [0.05, 0.1) is 41.8 Å². The van der Waals surface area contributed by atoms with Gasteiger partial charge < -0.3 is 19.5 Å². The number of H-pyrrole nitrogens is 1. The lowest BCUT2D eigenvalue weighted by atomic mass is 10.0. The van der Waals surface area contributed by atoms with Crippen LogP contribution in [0.3, 0.4) is 0 Å². The van der Waals surface area contributed by atoms with E-state index in [-0.39, 0.29) is 25.0 Å². The lowest BCUT2D eigenvalue weighted by molar-refractivity contribution is -0.138. The monoisotopic (exact) mass is 486 g/mol. The highest BCUT2D eigenvalue weighted by atomic mass is 35.5. The molecule has 0 aromatic carbocycles. The molecule has 1 aliphatic rings. The van der Waals surface area contributed by atoms with Crippen LogP contribution < -0.4 is 15.8 Å². The molecule has 176 valence electrons. The van der Waals surface area contributed by atoms with Crippen LogP contribution in [-0.4, -0.2) is 56.0 Å². The Morgan fingerprint density at radius 1 is 1.33 bits per heavy atom. The molecule has 0 radical (unpaired) electrons. The van der Waals surface area contributed by atoms with Gasteiger partial charge in [0.1, 0.15) is 12.2 Å². The average Bonchev–Trinajstić information content (AvgIpc) is 3.15. The van der Waals surface area contributed by atoms with Crippen LogP contribution in [0, 0.1) is 0 Å². The van der Waals surface area contributed by atoms with Crippen molar-refractivity contribution in [1.82, 2.24) is 30.3 Å². The first-order valence-corrected chi connectivity index (χ1v) is 10.1. The van der Waals surface area contributed by atoms with Gasteiger partial charge in [-0.2, -0.15) is 23.3 Å². The highest BCUT2D eigenvalue weighted by molar-refractivity contribution is 6.30. The van der Waals surface area contributed by atoms with Crippen molar-refractivity contribution in [3.8, 4) is 0 Å². The molecule has 33 heavy (non-hydrogen) atoms. The minimum atomic E-state index is -4.82. The van der Waals surface area contributed by atoms with Gasteiger partial charge in [-0.05, 0) is 6.92 Å². The first-order valence-electron chi connectivity index (χ1n) is 9.75. The zero-order chi connectivity index (χ0) is 23.6. The van der Waals surface area contributed by atoms with Crippen LogP contribution in [0.2, 0.25) is 5.02 Å². The molecule has 4 rings (SSSR count). The molecule has 1 atom stereocenters. The Morgan fingerprint density at radius 2 is 2.06 bits per heavy atom. The maximum atomic E-state index is 13.1. The van der Waals surface area contributed by atoms with Crippen LogP contribution in [-0.2, 0) is 17.5 Å². The Labute approximate surface area is 189 Å². The van der Waals surface area contributed by atoms with Crippen LogP contribution >= 0.6 is 11.6 Å². The number of aromatic nitrogens is 6. The number of aromatic amines is 1. The third kappa shape index (κ3) is 5.39. The number of rotatable bonds is 8. The van der Waals surface area contributed by atoms with Crippen molar-refractivity contribution in [2.45, 2.75) is 31.7 Å². The summed E-state index contributed by atoms with van der Waals surface area (Å²) in [5.74, 6) is 1.38. The van der Waals surface area contributed by atoms with Gasteiger partial charge in [0.2, 0.25) is 5.95 Å². The van der Waals surface area contributed by atoms with E-state index in [1.54, 1.807) is 12.0 Å². The van der Waals surface area contributed by atoms with Gasteiger partial charge in [0.15, 0.2) is 5.82 Å². The Morgan fingerprint density at radius 3 is 2.76 bits per heavy atom. The second-order valence-corrected chi connectivity index (χ2v) is 7.83. The fraction of sp³-hybridized carbons (Fsp3) is 0.444. The maximum Gasteiger partial charge on any atom is 0.423 e. The molecule has 4 heterocycles. The molecule has 0 saturated carbocycles. The standard InChI is InChI=1S/C18H18ClF3N8O3/c1-9(26-12-4-25-28-16(31)14(12)18(20,21)22)7-32-8-13-27-15(29-33-13)10-5-30(6-10)17-23-2-11(19)3-24-17/h2-4,9-10H,5-8H2,1H3,(H2,26,28,31). The van der Waals surface area contributed by atoms with Gasteiger partial charge >= 0.3 is 6.18 Å². The van der Waals surface area contributed by atoms with Crippen molar-refractivity contribution in [2.75, 3.05) is 29.9 Å². The van der Waals surface area contributed by atoms with E-state index in [2.05, 4.69) is 30.5 Å². The van der Waals surface area contributed by atoms with Crippen molar-refractivity contribution in [3.63, 3.8) is 0 Å². The fourth-order valence-electron chi connectivity index (χ4n) is 3.19. The molecule has 3 aromatic heterocycles. The summed E-state index contributed by atoms with van der Waals surface area (Å²) in [5, 5.41) is 12.2. The Kier molecular flexibility index (Phi) is 6.47. The van der Waals surface area contributed by atoms with Gasteiger partial charge in [-0.1, -0.05) is 16.8 Å². The molecule has 0 aliphatic carbocycles. The predicted octanol–water partition coefficient (Wildman–Crippen LogP) is 2.24. The minimum absolute atomic E-state index is 0.0184. The summed E-state index contributed by atoms with van der Waals surface area (Å²) in [7, 11) is 0. The third-order valence-electron chi connectivity index (χ3n) is 4.75. The third-order valence-corrected chi connectivity index (χ3v) is 4.95. The summed E-state index contributed by atoms with van der Waals surface area (Å²) < 4.78 is 50.0. The van der Waals surface area contributed by atoms with Crippen molar-refractivity contribution in [1.29, 1.82) is 0 Å². The molecule has 0 amide bonds. The SMILES string of the molecule is CC(COCc1nc(C2CN(c3ncc(Cl)cn3)C2)no1)Nc1cn[nH]c(=O)c1C(F)(F)F. The van der Waals surface area contributed by atoms with Crippen LogP contribution in [0.5, 0.6) is 0 Å². The molecule has 1 aliphatic heterocycles. The predicted molar refractivity (Wildman–Crippen MR) is 109 cm³/mol. The van der Waals surface area contributed by atoms with E-state index in [0.29, 0.717) is 29.9 Å². The number of nitrogens with one attached hydrogen (secondary N) is 2. The first kappa shape index (κ1) is 22.9. The van der Waals surface area contributed by atoms with E-state index in [0.717, 1.165) is 6.20 Å². The van der Waals surface area contributed by atoms with E-state index in [1.807, 2.05) is 4.90 Å². The normalized spacial score (nSPS) is 15.4. The topological polar surface area (TPSA) is 135 Å². The smallest absolute Gasteiger partial charge is 0.378 e. The van der Waals surface area contributed by atoms with Crippen LogP contribution in [0.25, 0.3) is 0 Å². The van der Waals surface area contributed by atoms with Crippen molar-refractivity contribution in [3.05, 3.63) is 51.2 Å². The molecule has 3 aromatic rings. The summed E-state index contributed by atoms with van der Waals surface area (Å²) in [6.07, 6.45) is -0.876. The quantitative estimate of drug-likeness (QED) is 0.488. The number of alkyl halides is 3. The number of nitrogens with zero attached hydrogens (tertiary/aromatic N) is 6. The Balaban J connectivity index is 1.25. The number of ether oxygens (including phenoxy) is 1. The summed E-state index contributed by atoms with van der Waals surface area (Å²) in [4.78, 5) is 26.1. The fourth-order valence-corrected chi connectivity index (χ4v) is 3.28. The van der Waals surface area contributed by atoms with E-state index in [9.17, 15) is 18.0 Å². The second-order valence-electron chi connectivity index (χ2n) is 7.40. The molecular weight excluding hydrogens is 469 g/mol. The molecule has 1 fully saturated rings. The molecule has 1 saturated heterocycles. The van der Waals surface area contributed by atoms with Crippen molar-refractivity contribution in [2.24, 2.45) is 0 Å². The number of hydrogen-bond donors (Lipinski definition) is 2. The molecular formula is C18H18ClF3N8O3. The van der Waals surface area contributed by atoms with Crippen LogP contribution in [0.1, 0.15) is 30.1 Å². The minimum Gasteiger partial charge on any atom is -0.378 e. The summed E-state index contributed by atoms with van der Waals surface area (Å²) in [5.41, 5.74) is -3.10. The van der Waals surface area contributed by atoms with E-state index < -0.39 is 29.0 Å². The van der Waals surface area contributed by atoms with Gasteiger partial charge in [-0.25, -0.2) is 15.1 Å². The zero-order valence-electron chi connectivity index (χ0n) is 17.1. The maximum absolute atomic E-state index is 13.1. The molecule has 0 bridgehead atoms. The van der Waals surface area contributed by atoms with E-state index in [4.69, 9.17) is 20.9 Å². The van der Waals surface area contributed by atoms with Gasteiger partial charge in [0.25, 0.3) is 11.4 Å². The second kappa shape index (κ2) is 9.31. The van der Waals surface area contributed by atoms with Crippen LogP contribution in [0.15, 0.2) is 27.9 Å². The molecule has 2 N–H and O–H groups in total. The Hall–Kier alpha value is -3.26. The average molecular weight is 487 g/mol. The highest BCUT2D eigenvalue weighted by Crippen LogP contribution is 2.31. The van der Waals surface area contributed by atoms with Gasteiger partial charge in [-0.15, -0.1) is 0 Å². The molecule has 0 spiro atoms. The lowest BCUT2D eigenvalue weighted by Crippen LogP contribution is -2.46. The highest BCUT2D eigenvalue weighted by Gasteiger charge is 2.37. The first-order chi connectivity index (χ1) is 15.7. The van der Waals surface area contributed by atoms with Gasteiger partial charge in [0, 0.05) is 19.1 Å². The number of halogens is 4. The van der Waals surface area contributed by atoms with Gasteiger partial charge in [-0.3, -0.25) is 4.79 Å². The van der Waals surface area contributed by atoms with Crippen molar-refractivity contribution >= 4 is 23.2 Å². The lowest BCUT2D eigenvalue weighted by Gasteiger charge is -2.37. The summed E-state index contributed by atoms with van der Waals surface area (Å²) >= 11 is 5.78. The summed E-state index contributed by atoms with van der Waals surface area (Å²) in [6, 6.07) is -0.559. The largest absolute Gasteiger partial charge is 0.423 e. The van der Waals surface area contributed by atoms with Crippen LogP contribution in [0.4, 0.5) is 24.8 Å². The number of anilines is 2. The van der Waals surface area contributed by atoms with E-state index in [1.165, 1.54) is 12.4 Å². The molecule has 15 heteroatoms. The molecule has 1 unspecified atom stereocenters. The van der Waals surface area contributed by atoms with Crippen molar-refractivity contribution < 1.29 is 22.4 Å². The van der Waals surface area contributed by atoms with E-state index >= 15 is 0 Å². The summed E-state index contributed by atoms with van der Waals surface area (Å²) in [6.45, 7) is 2.84. The Bertz CT molecular complexity index is 1150. The zero-order valence-corrected chi connectivity index (χ0v) is 17.9. The number of hydrogen-bond acceptors (Lipinski definition) is 10.